The minimum Gasteiger partial charge on any atom is -0.488 e. The molecule has 0 saturated heterocycles. The maximum Gasteiger partial charge on any atom is 0.146 e. The van der Waals surface area contributed by atoms with Gasteiger partial charge >= 0.3 is 0 Å². The molecule has 0 aliphatic heterocycles. The van der Waals surface area contributed by atoms with Crippen LogP contribution >= 0.6 is 0 Å². The largest absolute Gasteiger partial charge is 0.488 e. The van der Waals surface area contributed by atoms with Crippen LogP contribution in [-0.4, -0.2) is 11.9 Å². The number of hydrogen-bond acceptors (Lipinski definition) is 2. The van der Waals surface area contributed by atoms with Gasteiger partial charge in [-0.05, 0) is 25.0 Å². The zero-order valence-electron chi connectivity index (χ0n) is 12.5. The number of carbonyl (C=O) groups excluding carboxylic acids is 1. The molecule has 3 rings (SSSR count). The average Bonchev–Trinajstić information content (AvgIpc) is 2.55. The normalized spacial score (nSPS) is 24.5. The third-order valence-corrected chi connectivity index (χ3v) is 4.69. The Morgan fingerprint density at radius 3 is 2.43 bits per heavy atom. The van der Waals surface area contributed by atoms with Crippen LogP contribution in [0.25, 0.3) is 11.1 Å². The van der Waals surface area contributed by atoms with E-state index in [1.165, 1.54) is 0 Å². The molecule has 1 saturated carbocycles. The van der Waals surface area contributed by atoms with Crippen LogP contribution in [0.2, 0.25) is 0 Å². The quantitative estimate of drug-likeness (QED) is 0.824. The van der Waals surface area contributed by atoms with Gasteiger partial charge in [0.15, 0.2) is 0 Å². The molecule has 2 aromatic carbocycles. The van der Waals surface area contributed by atoms with Crippen LogP contribution < -0.4 is 4.74 Å². The standard InChI is InChI=1S/C19H20O2/c1-3-19(2)17(20)13-18(19)21-16-12-8-7-11-15(16)14-9-5-4-6-10-14/h4-12,18H,3,13H2,1-2H3. The van der Waals surface area contributed by atoms with E-state index in [4.69, 9.17) is 4.74 Å². The number of ether oxygens (including phenoxy) is 1. The zero-order chi connectivity index (χ0) is 14.9. The maximum atomic E-state index is 11.9. The molecule has 1 fully saturated rings. The number of para-hydroxylation sites is 1. The van der Waals surface area contributed by atoms with E-state index < -0.39 is 0 Å². The van der Waals surface area contributed by atoms with E-state index in [1.54, 1.807) is 0 Å². The maximum absolute atomic E-state index is 11.9. The molecular formula is C19H20O2. The Kier molecular flexibility index (Phi) is 3.54. The first-order chi connectivity index (χ1) is 10.1. The molecular weight excluding hydrogens is 260 g/mol. The van der Waals surface area contributed by atoms with E-state index in [0.29, 0.717) is 12.2 Å². The molecule has 1 aliphatic rings. The molecule has 1 aliphatic carbocycles. The van der Waals surface area contributed by atoms with Gasteiger partial charge in [-0.15, -0.1) is 0 Å². The number of hydrogen-bond donors (Lipinski definition) is 0. The van der Waals surface area contributed by atoms with Crippen molar-refractivity contribution in [1.29, 1.82) is 0 Å². The third kappa shape index (κ3) is 2.35. The summed E-state index contributed by atoms with van der Waals surface area (Å²) in [5.41, 5.74) is 1.89. The molecule has 0 bridgehead atoms. The number of benzene rings is 2. The van der Waals surface area contributed by atoms with Gasteiger partial charge < -0.3 is 4.74 Å². The molecule has 0 N–H and O–H groups in total. The smallest absolute Gasteiger partial charge is 0.146 e. The van der Waals surface area contributed by atoms with E-state index in [-0.39, 0.29) is 11.5 Å². The second kappa shape index (κ2) is 5.36. The molecule has 108 valence electrons. The van der Waals surface area contributed by atoms with Gasteiger partial charge in [0, 0.05) is 12.0 Å². The SMILES string of the molecule is CCC1(C)C(=O)CC1Oc1ccccc1-c1ccccc1. The van der Waals surface area contributed by atoms with Crippen LogP contribution in [0.15, 0.2) is 54.6 Å². The summed E-state index contributed by atoms with van der Waals surface area (Å²) < 4.78 is 6.19. The Bertz CT molecular complexity index is 648. The monoisotopic (exact) mass is 280 g/mol. The van der Waals surface area contributed by atoms with Crippen molar-refractivity contribution >= 4 is 5.78 Å². The molecule has 0 radical (unpaired) electrons. The van der Waals surface area contributed by atoms with Crippen LogP contribution in [0, 0.1) is 5.41 Å². The topological polar surface area (TPSA) is 26.3 Å². The second-order valence-corrected chi connectivity index (χ2v) is 5.87. The van der Waals surface area contributed by atoms with E-state index in [9.17, 15) is 4.79 Å². The van der Waals surface area contributed by atoms with Crippen molar-refractivity contribution in [1.82, 2.24) is 0 Å². The summed E-state index contributed by atoms with van der Waals surface area (Å²) in [6.45, 7) is 4.06. The molecule has 21 heavy (non-hydrogen) atoms. The van der Waals surface area contributed by atoms with Gasteiger partial charge in [0.25, 0.3) is 0 Å². The van der Waals surface area contributed by atoms with Crippen LogP contribution in [0.5, 0.6) is 5.75 Å². The van der Waals surface area contributed by atoms with Crippen molar-refractivity contribution in [3.05, 3.63) is 54.6 Å². The highest BCUT2D eigenvalue weighted by atomic mass is 16.5. The molecule has 0 spiro atoms. The summed E-state index contributed by atoms with van der Waals surface area (Å²) in [4.78, 5) is 11.9. The molecule has 2 unspecified atom stereocenters. The lowest BCUT2D eigenvalue weighted by molar-refractivity contribution is -0.150. The first kappa shape index (κ1) is 13.9. The molecule has 0 amide bonds. The fourth-order valence-corrected chi connectivity index (χ4v) is 2.85. The van der Waals surface area contributed by atoms with E-state index in [0.717, 1.165) is 23.3 Å². The highest BCUT2D eigenvalue weighted by molar-refractivity contribution is 5.92. The van der Waals surface area contributed by atoms with Gasteiger partial charge in [-0.3, -0.25) is 4.79 Å². The molecule has 2 nitrogen and oxygen atoms in total. The Hall–Kier alpha value is -2.09. The lowest BCUT2D eigenvalue weighted by atomic mass is 9.64. The number of rotatable bonds is 4. The summed E-state index contributed by atoms with van der Waals surface area (Å²) in [6.07, 6.45) is 1.33. The Morgan fingerprint density at radius 1 is 1.10 bits per heavy atom. The van der Waals surface area contributed by atoms with Crippen molar-refractivity contribution in [3.63, 3.8) is 0 Å². The Labute approximate surface area is 125 Å². The first-order valence-corrected chi connectivity index (χ1v) is 7.49. The highest BCUT2D eigenvalue weighted by Crippen LogP contribution is 2.44. The van der Waals surface area contributed by atoms with Gasteiger partial charge in [0.1, 0.15) is 17.6 Å². The van der Waals surface area contributed by atoms with Crippen molar-refractivity contribution in [3.8, 4) is 16.9 Å². The van der Waals surface area contributed by atoms with Crippen LogP contribution in [0.1, 0.15) is 26.7 Å². The van der Waals surface area contributed by atoms with Gasteiger partial charge in [-0.25, -0.2) is 0 Å². The third-order valence-electron chi connectivity index (χ3n) is 4.69. The van der Waals surface area contributed by atoms with Crippen molar-refractivity contribution in [2.75, 3.05) is 0 Å². The molecule has 0 aromatic heterocycles. The van der Waals surface area contributed by atoms with E-state index >= 15 is 0 Å². The van der Waals surface area contributed by atoms with E-state index in [1.807, 2.05) is 43.3 Å². The Morgan fingerprint density at radius 2 is 1.76 bits per heavy atom. The Balaban J connectivity index is 1.89. The van der Waals surface area contributed by atoms with Gasteiger partial charge in [-0.1, -0.05) is 55.5 Å². The molecule has 2 heteroatoms. The lowest BCUT2D eigenvalue weighted by Crippen LogP contribution is -2.54. The van der Waals surface area contributed by atoms with Gasteiger partial charge in [0.2, 0.25) is 0 Å². The summed E-state index contributed by atoms with van der Waals surface area (Å²) in [7, 11) is 0. The highest BCUT2D eigenvalue weighted by Gasteiger charge is 2.51. The summed E-state index contributed by atoms with van der Waals surface area (Å²) >= 11 is 0. The van der Waals surface area contributed by atoms with Gasteiger partial charge in [0.05, 0.1) is 5.41 Å². The van der Waals surface area contributed by atoms with Gasteiger partial charge in [-0.2, -0.15) is 0 Å². The zero-order valence-corrected chi connectivity index (χ0v) is 12.5. The van der Waals surface area contributed by atoms with Crippen molar-refractivity contribution in [2.45, 2.75) is 32.8 Å². The van der Waals surface area contributed by atoms with Crippen LogP contribution in [0.4, 0.5) is 0 Å². The fraction of sp³-hybridized carbons (Fsp3) is 0.316. The molecule has 0 heterocycles. The van der Waals surface area contributed by atoms with Crippen molar-refractivity contribution < 1.29 is 9.53 Å². The van der Waals surface area contributed by atoms with E-state index in [2.05, 4.69) is 25.1 Å². The number of ketones is 1. The minimum atomic E-state index is -0.330. The molecule has 2 atom stereocenters. The average molecular weight is 280 g/mol. The fourth-order valence-electron chi connectivity index (χ4n) is 2.85. The molecule has 2 aromatic rings. The minimum absolute atomic E-state index is 0.0140. The summed E-state index contributed by atoms with van der Waals surface area (Å²) in [5.74, 6) is 1.17. The summed E-state index contributed by atoms with van der Waals surface area (Å²) in [5, 5.41) is 0. The van der Waals surface area contributed by atoms with Crippen molar-refractivity contribution in [2.24, 2.45) is 5.41 Å². The predicted octanol–water partition coefficient (Wildman–Crippen LogP) is 4.49. The van der Waals surface area contributed by atoms with Crippen LogP contribution in [-0.2, 0) is 4.79 Å². The van der Waals surface area contributed by atoms with Crippen LogP contribution in [0.3, 0.4) is 0 Å². The summed E-state index contributed by atoms with van der Waals surface area (Å²) in [6, 6.07) is 18.2. The number of Topliss-reactive ketones (excluding diaryl/α,β-unsaturated/α-hetero) is 1. The lowest BCUT2D eigenvalue weighted by Gasteiger charge is -2.44. The number of carbonyl (C=O) groups is 1. The predicted molar refractivity (Wildman–Crippen MR) is 84.3 cm³/mol. The first-order valence-electron chi connectivity index (χ1n) is 7.49. The second-order valence-electron chi connectivity index (χ2n) is 5.87.